The van der Waals surface area contributed by atoms with Gasteiger partial charge in [-0.1, -0.05) is 36.4 Å². The summed E-state index contributed by atoms with van der Waals surface area (Å²) in [6, 6.07) is 15.4. The highest BCUT2D eigenvalue weighted by atomic mass is 14.8. The molecule has 3 rings (SSSR count). The smallest absolute Gasteiger partial charge is 0.0411 e. The number of benzene rings is 2. The van der Waals surface area contributed by atoms with Gasteiger partial charge in [-0.25, -0.2) is 0 Å². The zero-order chi connectivity index (χ0) is 12.6. The van der Waals surface area contributed by atoms with Gasteiger partial charge in [-0.05, 0) is 48.1 Å². The van der Waals surface area contributed by atoms with Crippen molar-refractivity contribution in [1.29, 1.82) is 0 Å². The summed E-state index contributed by atoms with van der Waals surface area (Å²) in [7, 11) is 0. The molecule has 0 radical (unpaired) electrons. The molecule has 2 aromatic carbocycles. The quantitative estimate of drug-likeness (QED) is 0.805. The monoisotopic (exact) mass is 240 g/mol. The Morgan fingerprint density at radius 1 is 0.944 bits per heavy atom. The highest BCUT2D eigenvalue weighted by Gasteiger charge is 2.31. The Morgan fingerprint density at radius 2 is 1.61 bits per heavy atom. The van der Waals surface area contributed by atoms with Gasteiger partial charge in [0.15, 0.2) is 0 Å². The minimum absolute atomic E-state index is 0.181. The second-order valence-corrected chi connectivity index (χ2v) is 5.56. The van der Waals surface area contributed by atoms with E-state index in [-0.39, 0.29) is 5.54 Å². The summed E-state index contributed by atoms with van der Waals surface area (Å²) in [6.45, 7) is 0. The van der Waals surface area contributed by atoms with Gasteiger partial charge in [0.1, 0.15) is 0 Å². The van der Waals surface area contributed by atoms with Gasteiger partial charge >= 0.3 is 0 Å². The van der Waals surface area contributed by atoms with E-state index in [1.54, 1.807) is 0 Å². The SMILES string of the molecule is NC1CCC(N)(c2ccc3ccccc3c2)CC1. The Bertz CT molecular complexity index is 554. The van der Waals surface area contributed by atoms with Gasteiger partial charge < -0.3 is 11.5 Å². The van der Waals surface area contributed by atoms with Crippen molar-refractivity contribution in [2.75, 3.05) is 0 Å². The fraction of sp³-hybridized carbons (Fsp3) is 0.375. The Balaban J connectivity index is 1.98. The molecule has 0 spiro atoms. The van der Waals surface area contributed by atoms with E-state index >= 15 is 0 Å². The van der Waals surface area contributed by atoms with Crippen molar-refractivity contribution >= 4 is 10.8 Å². The predicted octanol–water partition coefficient (Wildman–Crippen LogP) is 2.90. The van der Waals surface area contributed by atoms with E-state index in [2.05, 4.69) is 42.5 Å². The number of nitrogens with two attached hydrogens (primary N) is 2. The van der Waals surface area contributed by atoms with Crippen molar-refractivity contribution in [2.45, 2.75) is 37.3 Å². The van der Waals surface area contributed by atoms with E-state index in [9.17, 15) is 0 Å². The largest absolute Gasteiger partial charge is 0.328 e. The van der Waals surface area contributed by atoms with Crippen molar-refractivity contribution in [1.82, 2.24) is 0 Å². The molecule has 0 unspecified atom stereocenters. The Labute approximate surface area is 108 Å². The molecule has 0 aliphatic heterocycles. The lowest BCUT2D eigenvalue weighted by Gasteiger charge is -2.36. The maximum absolute atomic E-state index is 6.58. The molecule has 94 valence electrons. The molecule has 1 aliphatic carbocycles. The Morgan fingerprint density at radius 3 is 2.33 bits per heavy atom. The topological polar surface area (TPSA) is 52.0 Å². The standard InChI is InChI=1S/C16H20N2/c17-15-7-9-16(18,10-8-15)14-6-5-12-3-1-2-4-13(12)11-14/h1-6,11,15H,7-10,17-18H2. The molecule has 2 aromatic rings. The van der Waals surface area contributed by atoms with Crippen LogP contribution in [0.5, 0.6) is 0 Å². The van der Waals surface area contributed by atoms with Crippen molar-refractivity contribution in [3.8, 4) is 0 Å². The third kappa shape index (κ3) is 2.02. The molecule has 4 N–H and O–H groups in total. The Hall–Kier alpha value is -1.38. The average molecular weight is 240 g/mol. The molecule has 2 heteroatoms. The van der Waals surface area contributed by atoms with E-state index in [1.807, 2.05) is 0 Å². The molecule has 1 saturated carbocycles. The van der Waals surface area contributed by atoms with Gasteiger partial charge in [0.2, 0.25) is 0 Å². The van der Waals surface area contributed by atoms with Crippen molar-refractivity contribution < 1.29 is 0 Å². The summed E-state index contributed by atoms with van der Waals surface area (Å²) in [4.78, 5) is 0. The molecule has 1 fully saturated rings. The first-order valence-corrected chi connectivity index (χ1v) is 6.71. The summed E-state index contributed by atoms with van der Waals surface area (Å²) < 4.78 is 0. The highest BCUT2D eigenvalue weighted by Crippen LogP contribution is 2.35. The van der Waals surface area contributed by atoms with E-state index in [4.69, 9.17) is 11.5 Å². The molecular formula is C16H20N2. The molecule has 18 heavy (non-hydrogen) atoms. The molecular weight excluding hydrogens is 220 g/mol. The normalized spacial score (nSPS) is 28.4. The van der Waals surface area contributed by atoms with Gasteiger partial charge in [0.25, 0.3) is 0 Å². The van der Waals surface area contributed by atoms with Crippen LogP contribution in [0.4, 0.5) is 0 Å². The first-order chi connectivity index (χ1) is 8.67. The predicted molar refractivity (Wildman–Crippen MR) is 76.3 cm³/mol. The van der Waals surface area contributed by atoms with Crippen LogP contribution in [0, 0.1) is 0 Å². The van der Waals surface area contributed by atoms with E-state index in [0.29, 0.717) is 6.04 Å². The van der Waals surface area contributed by atoms with Gasteiger partial charge in [0.05, 0.1) is 0 Å². The van der Waals surface area contributed by atoms with Crippen LogP contribution in [-0.4, -0.2) is 6.04 Å². The van der Waals surface area contributed by atoms with E-state index in [1.165, 1.54) is 16.3 Å². The van der Waals surface area contributed by atoms with Crippen LogP contribution in [0.1, 0.15) is 31.2 Å². The third-order valence-corrected chi connectivity index (χ3v) is 4.25. The van der Waals surface area contributed by atoms with Gasteiger partial charge in [0, 0.05) is 11.6 Å². The lowest BCUT2D eigenvalue weighted by atomic mass is 9.75. The molecule has 0 heterocycles. The van der Waals surface area contributed by atoms with Gasteiger partial charge in [-0.15, -0.1) is 0 Å². The average Bonchev–Trinajstić information content (AvgIpc) is 2.42. The maximum Gasteiger partial charge on any atom is 0.0411 e. The van der Waals surface area contributed by atoms with Crippen molar-refractivity contribution in [3.05, 3.63) is 48.0 Å². The summed E-state index contributed by atoms with van der Waals surface area (Å²) in [6.07, 6.45) is 4.05. The zero-order valence-corrected chi connectivity index (χ0v) is 10.6. The minimum Gasteiger partial charge on any atom is -0.328 e. The molecule has 1 aliphatic rings. The van der Waals surface area contributed by atoms with Gasteiger partial charge in [-0.2, -0.15) is 0 Å². The second-order valence-electron chi connectivity index (χ2n) is 5.56. The first-order valence-electron chi connectivity index (χ1n) is 6.71. The molecule has 0 aromatic heterocycles. The molecule has 0 amide bonds. The molecule has 0 saturated heterocycles. The lowest BCUT2D eigenvalue weighted by molar-refractivity contribution is 0.278. The second kappa shape index (κ2) is 4.38. The highest BCUT2D eigenvalue weighted by molar-refractivity contribution is 5.83. The fourth-order valence-electron chi connectivity index (χ4n) is 2.94. The van der Waals surface area contributed by atoms with Crippen LogP contribution >= 0.6 is 0 Å². The van der Waals surface area contributed by atoms with E-state index < -0.39 is 0 Å². The van der Waals surface area contributed by atoms with Crippen molar-refractivity contribution in [3.63, 3.8) is 0 Å². The summed E-state index contributed by atoms with van der Waals surface area (Å²) in [5, 5.41) is 2.55. The van der Waals surface area contributed by atoms with Crippen LogP contribution in [0.2, 0.25) is 0 Å². The Kier molecular flexibility index (Phi) is 2.84. The van der Waals surface area contributed by atoms with Crippen LogP contribution in [0.3, 0.4) is 0 Å². The van der Waals surface area contributed by atoms with Crippen LogP contribution in [0.25, 0.3) is 10.8 Å². The lowest BCUT2D eigenvalue weighted by Crippen LogP contribution is -2.43. The van der Waals surface area contributed by atoms with Crippen LogP contribution < -0.4 is 11.5 Å². The zero-order valence-electron chi connectivity index (χ0n) is 10.6. The van der Waals surface area contributed by atoms with Crippen LogP contribution in [-0.2, 0) is 5.54 Å². The molecule has 0 atom stereocenters. The van der Waals surface area contributed by atoms with Gasteiger partial charge in [-0.3, -0.25) is 0 Å². The summed E-state index contributed by atoms with van der Waals surface area (Å²) in [5.74, 6) is 0. The summed E-state index contributed by atoms with van der Waals surface area (Å²) >= 11 is 0. The number of hydrogen-bond donors (Lipinski definition) is 2. The molecule has 2 nitrogen and oxygen atoms in total. The van der Waals surface area contributed by atoms with E-state index in [0.717, 1.165) is 25.7 Å². The number of hydrogen-bond acceptors (Lipinski definition) is 2. The van der Waals surface area contributed by atoms with Crippen LogP contribution in [0.15, 0.2) is 42.5 Å². The summed E-state index contributed by atoms with van der Waals surface area (Å²) in [5.41, 5.74) is 13.6. The maximum atomic E-state index is 6.58. The minimum atomic E-state index is -0.181. The number of rotatable bonds is 1. The fourth-order valence-corrected chi connectivity index (χ4v) is 2.94. The third-order valence-electron chi connectivity index (χ3n) is 4.25. The molecule has 0 bridgehead atoms. The first kappa shape index (κ1) is 11.7. The number of fused-ring (bicyclic) bond motifs is 1. The van der Waals surface area contributed by atoms with Crippen molar-refractivity contribution in [2.24, 2.45) is 11.5 Å².